The Labute approximate surface area is 160 Å². The second-order valence-corrected chi connectivity index (χ2v) is 7.12. The lowest BCUT2D eigenvalue weighted by Gasteiger charge is -2.19. The third-order valence-electron chi connectivity index (χ3n) is 5.22. The zero-order valence-corrected chi connectivity index (χ0v) is 16.0. The van der Waals surface area contributed by atoms with Crippen LogP contribution in [-0.4, -0.2) is 25.0 Å². The summed E-state index contributed by atoms with van der Waals surface area (Å²) in [6.07, 6.45) is 2.65. The van der Waals surface area contributed by atoms with Gasteiger partial charge in [-0.1, -0.05) is 19.1 Å². The molecule has 2 aromatic carbocycles. The van der Waals surface area contributed by atoms with Gasteiger partial charge in [0.2, 0.25) is 5.91 Å². The number of benzene rings is 2. The van der Waals surface area contributed by atoms with E-state index in [0.717, 1.165) is 24.8 Å². The number of amides is 2. The summed E-state index contributed by atoms with van der Waals surface area (Å²) in [6.45, 7) is 4.08. The lowest BCUT2D eigenvalue weighted by atomic mass is 9.94. The van der Waals surface area contributed by atoms with Gasteiger partial charge >= 0.3 is 0 Å². The first-order valence-corrected chi connectivity index (χ1v) is 9.35. The van der Waals surface area contributed by atoms with Gasteiger partial charge < -0.3 is 15.4 Å². The first-order chi connectivity index (χ1) is 13.0. The first kappa shape index (κ1) is 19.0. The minimum absolute atomic E-state index is 0.104. The normalized spacial score (nSPS) is 15.5. The first-order valence-electron chi connectivity index (χ1n) is 9.35. The molecule has 27 heavy (non-hydrogen) atoms. The molecule has 0 aliphatic heterocycles. The highest BCUT2D eigenvalue weighted by Gasteiger charge is 2.51. The number of methoxy groups -OCH3 is 1. The van der Waals surface area contributed by atoms with E-state index in [2.05, 4.69) is 17.6 Å². The SMILES string of the molecule is CCC(C)NC(=O)C1(c2ccc(NC(=O)c3ccc(OC)cc3)cc2)CC1. The fourth-order valence-electron chi connectivity index (χ4n) is 3.05. The van der Waals surface area contributed by atoms with Crippen LogP contribution in [0.15, 0.2) is 48.5 Å². The molecule has 0 saturated heterocycles. The highest BCUT2D eigenvalue weighted by Crippen LogP contribution is 2.48. The molecule has 0 spiro atoms. The average molecular weight is 366 g/mol. The Morgan fingerprint density at radius 2 is 1.70 bits per heavy atom. The van der Waals surface area contributed by atoms with Gasteiger partial charge in [0.1, 0.15) is 5.75 Å². The van der Waals surface area contributed by atoms with Crippen molar-refractivity contribution >= 4 is 17.5 Å². The van der Waals surface area contributed by atoms with Crippen LogP contribution in [-0.2, 0) is 10.2 Å². The molecule has 5 nitrogen and oxygen atoms in total. The summed E-state index contributed by atoms with van der Waals surface area (Å²) in [5.74, 6) is 0.634. The Morgan fingerprint density at radius 1 is 1.07 bits per heavy atom. The minimum Gasteiger partial charge on any atom is -0.497 e. The van der Waals surface area contributed by atoms with E-state index < -0.39 is 5.41 Å². The summed E-state index contributed by atoms with van der Waals surface area (Å²) in [4.78, 5) is 25.0. The Morgan fingerprint density at radius 3 is 2.22 bits per heavy atom. The van der Waals surface area contributed by atoms with Gasteiger partial charge in [0.15, 0.2) is 0 Å². The van der Waals surface area contributed by atoms with Crippen molar-refractivity contribution in [3.8, 4) is 5.75 Å². The van der Waals surface area contributed by atoms with Crippen molar-refractivity contribution in [1.82, 2.24) is 5.32 Å². The number of anilines is 1. The van der Waals surface area contributed by atoms with E-state index >= 15 is 0 Å². The minimum atomic E-state index is -0.401. The van der Waals surface area contributed by atoms with Gasteiger partial charge in [0.05, 0.1) is 12.5 Å². The van der Waals surface area contributed by atoms with Gasteiger partial charge in [0.25, 0.3) is 5.91 Å². The van der Waals surface area contributed by atoms with Crippen molar-refractivity contribution in [2.24, 2.45) is 0 Å². The summed E-state index contributed by atoms with van der Waals surface area (Å²) < 4.78 is 5.10. The number of hydrogen-bond donors (Lipinski definition) is 2. The summed E-state index contributed by atoms with van der Waals surface area (Å²) in [5, 5.41) is 5.97. The fraction of sp³-hybridized carbons (Fsp3) is 0.364. The van der Waals surface area contributed by atoms with E-state index in [9.17, 15) is 9.59 Å². The zero-order valence-electron chi connectivity index (χ0n) is 16.0. The van der Waals surface area contributed by atoms with Gasteiger partial charge in [-0.25, -0.2) is 0 Å². The van der Waals surface area contributed by atoms with Crippen LogP contribution in [0, 0.1) is 0 Å². The quantitative estimate of drug-likeness (QED) is 0.781. The van der Waals surface area contributed by atoms with Gasteiger partial charge in [0, 0.05) is 17.3 Å². The van der Waals surface area contributed by atoms with Crippen LogP contribution in [0.5, 0.6) is 5.75 Å². The monoisotopic (exact) mass is 366 g/mol. The maximum atomic E-state index is 12.6. The standard InChI is InChI=1S/C22H26N2O3/c1-4-15(2)23-21(26)22(13-14-22)17-7-9-18(10-8-17)24-20(25)16-5-11-19(27-3)12-6-16/h5-12,15H,4,13-14H2,1-3H3,(H,23,26)(H,24,25). The molecule has 5 heteroatoms. The fourth-order valence-corrected chi connectivity index (χ4v) is 3.05. The smallest absolute Gasteiger partial charge is 0.255 e. The maximum absolute atomic E-state index is 12.6. The van der Waals surface area contributed by atoms with Crippen LogP contribution in [0.1, 0.15) is 49.0 Å². The molecule has 1 saturated carbocycles. The molecule has 1 atom stereocenters. The Balaban J connectivity index is 1.66. The lowest BCUT2D eigenvalue weighted by Crippen LogP contribution is -2.39. The third-order valence-corrected chi connectivity index (χ3v) is 5.22. The molecule has 1 aliphatic rings. The molecule has 2 amide bonds. The molecule has 1 unspecified atom stereocenters. The number of rotatable bonds is 7. The number of carbonyl (C=O) groups excluding carboxylic acids is 2. The van der Waals surface area contributed by atoms with Crippen molar-refractivity contribution in [3.05, 3.63) is 59.7 Å². The van der Waals surface area contributed by atoms with Crippen molar-refractivity contribution in [2.45, 2.75) is 44.6 Å². The molecule has 3 rings (SSSR count). The van der Waals surface area contributed by atoms with Crippen molar-refractivity contribution in [3.63, 3.8) is 0 Å². The molecule has 0 heterocycles. The van der Waals surface area contributed by atoms with Crippen LogP contribution in [0.3, 0.4) is 0 Å². The van der Waals surface area contributed by atoms with E-state index in [4.69, 9.17) is 4.74 Å². The summed E-state index contributed by atoms with van der Waals surface area (Å²) >= 11 is 0. The molecule has 2 aromatic rings. The third kappa shape index (κ3) is 4.13. The molecular formula is C22H26N2O3. The van der Waals surface area contributed by atoms with Crippen molar-refractivity contribution in [2.75, 3.05) is 12.4 Å². The van der Waals surface area contributed by atoms with Crippen LogP contribution in [0.25, 0.3) is 0 Å². The van der Waals surface area contributed by atoms with E-state index in [1.54, 1.807) is 31.4 Å². The highest BCUT2D eigenvalue weighted by atomic mass is 16.5. The van der Waals surface area contributed by atoms with E-state index in [1.165, 1.54) is 0 Å². The predicted molar refractivity (Wildman–Crippen MR) is 106 cm³/mol. The van der Waals surface area contributed by atoms with Crippen molar-refractivity contribution in [1.29, 1.82) is 0 Å². The molecule has 0 radical (unpaired) electrons. The number of carbonyl (C=O) groups is 2. The van der Waals surface area contributed by atoms with Crippen LogP contribution in [0.4, 0.5) is 5.69 Å². The second-order valence-electron chi connectivity index (χ2n) is 7.12. The highest BCUT2D eigenvalue weighted by molar-refractivity contribution is 6.04. The topological polar surface area (TPSA) is 67.4 Å². The van der Waals surface area contributed by atoms with Crippen LogP contribution >= 0.6 is 0 Å². The van der Waals surface area contributed by atoms with E-state index in [0.29, 0.717) is 17.0 Å². The number of ether oxygens (including phenoxy) is 1. The van der Waals surface area contributed by atoms with E-state index in [1.807, 2.05) is 31.2 Å². The second kappa shape index (κ2) is 7.82. The van der Waals surface area contributed by atoms with Crippen LogP contribution < -0.4 is 15.4 Å². The summed E-state index contributed by atoms with van der Waals surface area (Å²) in [6, 6.07) is 14.7. The van der Waals surface area contributed by atoms with Gasteiger partial charge in [-0.3, -0.25) is 9.59 Å². The molecule has 2 N–H and O–H groups in total. The van der Waals surface area contributed by atoms with E-state index in [-0.39, 0.29) is 17.9 Å². The molecule has 1 aliphatic carbocycles. The zero-order chi connectivity index (χ0) is 19.4. The molecule has 142 valence electrons. The summed E-state index contributed by atoms with van der Waals surface area (Å²) in [7, 11) is 1.59. The summed E-state index contributed by atoms with van der Waals surface area (Å²) in [5.41, 5.74) is 1.87. The molecule has 1 fully saturated rings. The number of hydrogen-bond acceptors (Lipinski definition) is 3. The van der Waals surface area contributed by atoms with Gasteiger partial charge in [-0.2, -0.15) is 0 Å². The molecule has 0 aromatic heterocycles. The largest absolute Gasteiger partial charge is 0.497 e. The van der Waals surface area contributed by atoms with Crippen LogP contribution in [0.2, 0.25) is 0 Å². The molecule has 0 bridgehead atoms. The predicted octanol–water partition coefficient (Wildman–Crippen LogP) is 3.89. The molecular weight excluding hydrogens is 340 g/mol. The Hall–Kier alpha value is -2.82. The van der Waals surface area contributed by atoms with Crippen molar-refractivity contribution < 1.29 is 14.3 Å². The Bertz CT molecular complexity index is 808. The average Bonchev–Trinajstić information content (AvgIpc) is 3.50. The lowest BCUT2D eigenvalue weighted by molar-refractivity contribution is -0.124. The number of nitrogens with one attached hydrogen (secondary N) is 2. The van der Waals surface area contributed by atoms with Gasteiger partial charge in [-0.15, -0.1) is 0 Å². The van der Waals surface area contributed by atoms with Gasteiger partial charge in [-0.05, 0) is 68.1 Å². The Kier molecular flexibility index (Phi) is 5.49. The maximum Gasteiger partial charge on any atom is 0.255 e.